The number of benzene rings is 9. The van der Waals surface area contributed by atoms with Crippen LogP contribution in [0.15, 0.2) is 205 Å². The number of hydrogen-bond acceptors (Lipinski definition) is 5. The third-order valence-electron chi connectivity index (χ3n) is 12.8. The summed E-state index contributed by atoms with van der Waals surface area (Å²) in [6, 6.07) is 70.6. The standard InChI is InChI=1S/C57H33N5OS/c1-3-15-34(16-4-1)37-22-13-23-43-40-30-29-35(33-48(40)63-54(37)43)55-58-56(45-24-14-28-50-51(45)44-21-9-12-27-49(44)64-50)60-57(59-55)62-47-26-11-8-20-39(47)42-32-31-41-38-19-7-10-25-46(38)61(52(41)53(42)62)36-17-5-2-6-18-36/h1-33H. The van der Waals surface area contributed by atoms with Gasteiger partial charge < -0.3 is 8.98 Å². The Hall–Kier alpha value is -8.39. The number of aromatic nitrogens is 5. The summed E-state index contributed by atoms with van der Waals surface area (Å²) in [5.41, 5.74) is 11.0. The quantitative estimate of drug-likeness (QED) is 0.173. The zero-order chi connectivity index (χ0) is 41.9. The van der Waals surface area contributed by atoms with Crippen LogP contribution in [0.3, 0.4) is 0 Å². The van der Waals surface area contributed by atoms with Gasteiger partial charge in [-0.1, -0.05) is 152 Å². The predicted octanol–water partition coefficient (Wildman–Crippen LogP) is 15.3. The molecule has 64 heavy (non-hydrogen) atoms. The van der Waals surface area contributed by atoms with Crippen LogP contribution < -0.4 is 0 Å². The van der Waals surface area contributed by atoms with E-state index in [-0.39, 0.29) is 0 Å². The lowest BCUT2D eigenvalue weighted by Crippen LogP contribution is -2.07. The number of hydrogen-bond donors (Lipinski definition) is 0. The largest absolute Gasteiger partial charge is 0.455 e. The van der Waals surface area contributed by atoms with Crippen molar-refractivity contribution in [2.24, 2.45) is 0 Å². The van der Waals surface area contributed by atoms with Crippen molar-refractivity contribution < 1.29 is 4.42 Å². The van der Waals surface area contributed by atoms with E-state index in [1.165, 1.54) is 20.2 Å². The van der Waals surface area contributed by atoms with E-state index in [1.54, 1.807) is 11.3 Å². The van der Waals surface area contributed by atoms with Gasteiger partial charge in [0.25, 0.3) is 0 Å². The Labute approximate surface area is 369 Å². The second-order valence-corrected chi connectivity index (χ2v) is 17.4. The molecule has 5 heterocycles. The molecule has 5 aromatic heterocycles. The molecule has 0 aliphatic heterocycles. The van der Waals surface area contributed by atoms with E-state index >= 15 is 0 Å². The molecule has 298 valence electrons. The SMILES string of the molecule is c1ccc(-c2cccc3c2oc2cc(-c4nc(-c5cccc6sc7ccccc7c56)nc(-n5c6ccccc6c6ccc7c8ccccc8n(-c8ccccc8)c7c65)n4)ccc23)cc1. The molecule has 14 rings (SSSR count). The highest BCUT2D eigenvalue weighted by Crippen LogP contribution is 2.44. The molecule has 0 unspecified atom stereocenters. The summed E-state index contributed by atoms with van der Waals surface area (Å²) < 4.78 is 13.8. The lowest BCUT2D eigenvalue weighted by atomic mass is 10.0. The number of furan rings is 1. The van der Waals surface area contributed by atoms with Crippen molar-refractivity contribution in [2.75, 3.05) is 0 Å². The van der Waals surface area contributed by atoms with Gasteiger partial charge in [0, 0.05) is 74.9 Å². The van der Waals surface area contributed by atoms with Gasteiger partial charge in [-0.05, 0) is 54.1 Å². The van der Waals surface area contributed by atoms with E-state index < -0.39 is 0 Å². The van der Waals surface area contributed by atoms with Crippen LogP contribution in [0.2, 0.25) is 0 Å². The highest BCUT2D eigenvalue weighted by Gasteiger charge is 2.25. The van der Waals surface area contributed by atoms with Gasteiger partial charge in [-0.25, -0.2) is 4.98 Å². The van der Waals surface area contributed by atoms with E-state index in [2.05, 4.69) is 203 Å². The minimum Gasteiger partial charge on any atom is -0.455 e. The fourth-order valence-electron chi connectivity index (χ4n) is 10.0. The molecule has 0 aliphatic carbocycles. The predicted molar refractivity (Wildman–Crippen MR) is 265 cm³/mol. The molecule has 6 nitrogen and oxygen atoms in total. The van der Waals surface area contributed by atoms with Crippen LogP contribution in [0.4, 0.5) is 0 Å². The van der Waals surface area contributed by atoms with Crippen molar-refractivity contribution in [3.63, 3.8) is 0 Å². The number of thiophene rings is 1. The summed E-state index contributed by atoms with van der Waals surface area (Å²) in [6.45, 7) is 0. The summed E-state index contributed by atoms with van der Waals surface area (Å²) >= 11 is 1.79. The van der Waals surface area contributed by atoms with Gasteiger partial charge in [-0.15, -0.1) is 11.3 Å². The van der Waals surface area contributed by atoms with Crippen LogP contribution in [0.1, 0.15) is 0 Å². The van der Waals surface area contributed by atoms with Crippen LogP contribution >= 0.6 is 11.3 Å². The molecule has 0 atom stereocenters. The molecule has 0 aliphatic rings. The molecule has 0 bridgehead atoms. The van der Waals surface area contributed by atoms with Gasteiger partial charge in [-0.3, -0.25) is 4.57 Å². The van der Waals surface area contributed by atoms with Crippen LogP contribution in [0, 0.1) is 0 Å². The van der Waals surface area contributed by atoms with Crippen molar-refractivity contribution >= 4 is 97.1 Å². The number of fused-ring (bicyclic) bond motifs is 13. The maximum Gasteiger partial charge on any atom is 0.238 e. The molecule has 0 amide bonds. The average Bonchev–Trinajstić information content (AvgIpc) is 4.12. The average molecular weight is 836 g/mol. The molecule has 0 fully saturated rings. The Morgan fingerprint density at radius 1 is 0.391 bits per heavy atom. The second kappa shape index (κ2) is 13.6. The van der Waals surface area contributed by atoms with Gasteiger partial charge in [0.2, 0.25) is 5.95 Å². The van der Waals surface area contributed by atoms with Crippen LogP contribution in [0.5, 0.6) is 0 Å². The smallest absolute Gasteiger partial charge is 0.238 e. The molecular formula is C57H33N5OS. The lowest BCUT2D eigenvalue weighted by molar-refractivity contribution is 0.670. The van der Waals surface area contributed by atoms with Crippen molar-refractivity contribution in [3.8, 4) is 45.5 Å². The molecule has 7 heteroatoms. The van der Waals surface area contributed by atoms with Gasteiger partial charge in [0.15, 0.2) is 11.6 Å². The number of nitrogens with zero attached hydrogens (tertiary/aromatic N) is 5. The van der Waals surface area contributed by atoms with E-state index in [0.717, 1.165) is 93.5 Å². The van der Waals surface area contributed by atoms with Gasteiger partial charge in [0.05, 0.1) is 22.1 Å². The fraction of sp³-hybridized carbons (Fsp3) is 0. The molecular weight excluding hydrogens is 803 g/mol. The highest BCUT2D eigenvalue weighted by molar-refractivity contribution is 7.25. The molecule has 0 saturated heterocycles. The summed E-state index contributed by atoms with van der Waals surface area (Å²) in [5, 5.41) is 9.02. The first-order valence-electron chi connectivity index (χ1n) is 21.4. The van der Waals surface area contributed by atoms with Gasteiger partial charge >= 0.3 is 0 Å². The molecule has 14 aromatic rings. The Morgan fingerprint density at radius 2 is 0.984 bits per heavy atom. The van der Waals surface area contributed by atoms with E-state index in [9.17, 15) is 0 Å². The molecule has 9 aromatic carbocycles. The van der Waals surface area contributed by atoms with E-state index in [0.29, 0.717) is 17.6 Å². The minimum absolute atomic E-state index is 0.538. The van der Waals surface area contributed by atoms with Crippen molar-refractivity contribution in [1.29, 1.82) is 0 Å². The van der Waals surface area contributed by atoms with Crippen LogP contribution in [0.25, 0.3) is 131 Å². The fourth-order valence-corrected chi connectivity index (χ4v) is 11.1. The molecule has 0 saturated carbocycles. The van der Waals surface area contributed by atoms with Crippen molar-refractivity contribution in [3.05, 3.63) is 200 Å². The van der Waals surface area contributed by atoms with Crippen molar-refractivity contribution in [1.82, 2.24) is 24.1 Å². The maximum absolute atomic E-state index is 6.78. The highest BCUT2D eigenvalue weighted by atomic mass is 32.1. The Morgan fingerprint density at radius 3 is 1.78 bits per heavy atom. The monoisotopic (exact) mass is 835 g/mol. The first-order valence-corrected chi connectivity index (χ1v) is 22.3. The summed E-state index contributed by atoms with van der Waals surface area (Å²) in [5.74, 6) is 1.70. The summed E-state index contributed by atoms with van der Waals surface area (Å²) in [6.07, 6.45) is 0. The number of rotatable bonds is 5. The van der Waals surface area contributed by atoms with E-state index in [4.69, 9.17) is 19.4 Å². The third kappa shape index (κ3) is 5.10. The van der Waals surface area contributed by atoms with Crippen LogP contribution in [-0.2, 0) is 0 Å². The second-order valence-electron chi connectivity index (χ2n) is 16.3. The maximum atomic E-state index is 6.78. The zero-order valence-electron chi connectivity index (χ0n) is 34.1. The minimum atomic E-state index is 0.538. The Balaban J connectivity index is 1.09. The summed E-state index contributed by atoms with van der Waals surface area (Å²) in [7, 11) is 0. The lowest BCUT2D eigenvalue weighted by Gasteiger charge is -2.13. The van der Waals surface area contributed by atoms with Crippen molar-refractivity contribution in [2.45, 2.75) is 0 Å². The zero-order valence-corrected chi connectivity index (χ0v) is 34.9. The first-order chi connectivity index (χ1) is 31.7. The topological polar surface area (TPSA) is 61.7 Å². The summed E-state index contributed by atoms with van der Waals surface area (Å²) in [4.78, 5) is 16.4. The van der Waals surface area contributed by atoms with E-state index in [1.807, 2.05) is 6.07 Å². The normalized spacial score (nSPS) is 12.1. The number of para-hydroxylation sites is 4. The molecule has 0 N–H and O–H groups in total. The third-order valence-corrected chi connectivity index (χ3v) is 13.9. The first kappa shape index (κ1) is 35.2. The molecule has 0 radical (unpaired) electrons. The molecule has 0 spiro atoms. The van der Waals surface area contributed by atoms with Crippen LogP contribution in [-0.4, -0.2) is 24.1 Å². The Kier molecular flexibility index (Phi) is 7.46. The van der Waals surface area contributed by atoms with Gasteiger partial charge in [0.1, 0.15) is 11.2 Å². The van der Waals surface area contributed by atoms with Gasteiger partial charge in [-0.2, -0.15) is 9.97 Å². The Bertz CT molecular complexity index is 4200.